The fourth-order valence-electron chi connectivity index (χ4n) is 3.30. The van der Waals surface area contributed by atoms with Crippen LogP contribution >= 0.6 is 0 Å². The molecule has 0 bridgehead atoms. The van der Waals surface area contributed by atoms with E-state index in [4.69, 9.17) is 5.73 Å². The van der Waals surface area contributed by atoms with E-state index in [-0.39, 0.29) is 27.3 Å². The van der Waals surface area contributed by atoms with Crippen molar-refractivity contribution < 1.29 is 32.6 Å². The molecule has 162 valence electrons. The normalized spacial score (nSPS) is 15.9. The largest absolute Gasteiger partial charge is 0.505 e. The predicted octanol–water partition coefficient (Wildman–Crippen LogP) is 2.68. The van der Waals surface area contributed by atoms with Gasteiger partial charge in [-0.3, -0.25) is 9.69 Å². The third-order valence-corrected chi connectivity index (χ3v) is 6.64. The lowest BCUT2D eigenvalue weighted by Crippen LogP contribution is -2.43. The molecule has 0 spiro atoms. The summed E-state index contributed by atoms with van der Waals surface area (Å²) in [6.45, 7) is 2.98. The highest BCUT2D eigenvalue weighted by Gasteiger charge is 2.39. The SMILES string of the molecule is CCC(=O)OC(=O)C1=C(O)c2ccc(S(=O)(=O)c3ccccc3)cc2[C@H](C)N1C(N)=O. The number of carbonyl (C=O) groups is 3. The van der Waals surface area contributed by atoms with Crippen molar-refractivity contribution in [2.24, 2.45) is 5.73 Å². The molecular weight excluding hydrogens is 424 g/mol. The maximum absolute atomic E-state index is 13.0. The quantitative estimate of drug-likeness (QED) is 0.545. The molecule has 10 heteroatoms. The molecule has 0 saturated carbocycles. The molecule has 0 aromatic heterocycles. The zero-order valence-corrected chi connectivity index (χ0v) is 17.5. The van der Waals surface area contributed by atoms with Crippen LogP contribution in [-0.2, 0) is 24.2 Å². The Morgan fingerprint density at radius 1 is 1.10 bits per heavy atom. The van der Waals surface area contributed by atoms with Gasteiger partial charge in [0, 0.05) is 12.0 Å². The van der Waals surface area contributed by atoms with Gasteiger partial charge < -0.3 is 15.6 Å². The number of aliphatic hydroxyl groups is 1. The molecule has 1 atom stereocenters. The fraction of sp³-hybridized carbons (Fsp3) is 0.190. The average molecular weight is 444 g/mol. The van der Waals surface area contributed by atoms with Gasteiger partial charge >= 0.3 is 18.0 Å². The number of rotatable bonds is 4. The van der Waals surface area contributed by atoms with Gasteiger partial charge in [0.25, 0.3) is 0 Å². The Morgan fingerprint density at radius 3 is 2.32 bits per heavy atom. The first-order chi connectivity index (χ1) is 14.6. The summed E-state index contributed by atoms with van der Waals surface area (Å²) in [6, 6.07) is 9.67. The lowest BCUT2D eigenvalue weighted by atomic mass is 9.93. The highest BCUT2D eigenvalue weighted by molar-refractivity contribution is 7.91. The minimum Gasteiger partial charge on any atom is -0.505 e. The summed E-state index contributed by atoms with van der Waals surface area (Å²) in [5.41, 5.74) is 5.20. The molecule has 2 amide bonds. The van der Waals surface area contributed by atoms with Crippen LogP contribution in [0.1, 0.15) is 37.4 Å². The predicted molar refractivity (Wildman–Crippen MR) is 109 cm³/mol. The molecule has 2 aromatic carbocycles. The van der Waals surface area contributed by atoms with Crippen LogP contribution in [0.15, 0.2) is 64.0 Å². The van der Waals surface area contributed by atoms with Crippen LogP contribution in [0.4, 0.5) is 4.79 Å². The second-order valence-electron chi connectivity index (χ2n) is 6.76. The minimum absolute atomic E-state index is 0.0614. The number of esters is 2. The summed E-state index contributed by atoms with van der Waals surface area (Å²) < 4.78 is 30.6. The van der Waals surface area contributed by atoms with Crippen LogP contribution in [0, 0.1) is 0 Å². The van der Waals surface area contributed by atoms with Crippen LogP contribution < -0.4 is 5.73 Å². The highest BCUT2D eigenvalue weighted by Crippen LogP contribution is 2.39. The number of benzene rings is 2. The topological polar surface area (TPSA) is 144 Å². The van der Waals surface area contributed by atoms with E-state index >= 15 is 0 Å². The van der Waals surface area contributed by atoms with Crippen LogP contribution in [0.3, 0.4) is 0 Å². The van der Waals surface area contributed by atoms with E-state index in [0.29, 0.717) is 0 Å². The van der Waals surface area contributed by atoms with E-state index < -0.39 is 45.3 Å². The second kappa shape index (κ2) is 8.23. The Kier molecular flexibility index (Phi) is 5.85. The molecule has 1 aliphatic rings. The molecule has 0 radical (unpaired) electrons. The monoisotopic (exact) mass is 444 g/mol. The van der Waals surface area contributed by atoms with Crippen molar-refractivity contribution in [1.29, 1.82) is 0 Å². The number of carbonyl (C=O) groups excluding carboxylic acids is 3. The fourth-order valence-corrected chi connectivity index (χ4v) is 4.62. The number of hydrogen-bond donors (Lipinski definition) is 2. The van der Waals surface area contributed by atoms with Crippen molar-refractivity contribution in [1.82, 2.24) is 4.90 Å². The van der Waals surface area contributed by atoms with E-state index in [9.17, 15) is 27.9 Å². The van der Waals surface area contributed by atoms with Crippen molar-refractivity contribution in [3.05, 3.63) is 65.4 Å². The number of aliphatic hydroxyl groups excluding tert-OH is 1. The Bertz CT molecular complexity index is 1200. The second-order valence-corrected chi connectivity index (χ2v) is 8.71. The summed E-state index contributed by atoms with van der Waals surface area (Å²) in [6.07, 6.45) is -0.0940. The molecule has 2 aromatic rings. The number of hydrogen-bond acceptors (Lipinski definition) is 7. The third kappa shape index (κ3) is 3.89. The molecule has 1 heterocycles. The third-order valence-electron chi connectivity index (χ3n) is 4.87. The molecule has 0 unspecified atom stereocenters. The van der Waals surface area contributed by atoms with Gasteiger partial charge in [-0.05, 0) is 42.8 Å². The Balaban J connectivity index is 2.16. The van der Waals surface area contributed by atoms with Crippen molar-refractivity contribution in [2.45, 2.75) is 36.1 Å². The number of primary amides is 1. The standard InChI is InChI=1S/C21H20N2O7S/c1-3-17(24)30-20(26)18-19(25)15-10-9-14(11-16(15)12(2)23(18)21(22)27)31(28,29)13-7-5-4-6-8-13/h4-12,25H,3H2,1-2H3,(H2,22,27)/t12-/m0/s1. The zero-order chi connectivity index (χ0) is 22.9. The molecule has 1 aliphatic heterocycles. The highest BCUT2D eigenvalue weighted by atomic mass is 32.2. The maximum Gasteiger partial charge on any atom is 0.366 e. The maximum atomic E-state index is 13.0. The Labute approximate surface area is 178 Å². The molecule has 0 fully saturated rings. The van der Waals surface area contributed by atoms with Gasteiger partial charge in [-0.2, -0.15) is 0 Å². The van der Waals surface area contributed by atoms with Crippen LogP contribution in [0.5, 0.6) is 0 Å². The summed E-state index contributed by atoms with van der Waals surface area (Å²) >= 11 is 0. The molecule has 3 N–H and O–H groups in total. The van der Waals surface area contributed by atoms with E-state index in [2.05, 4.69) is 4.74 Å². The van der Waals surface area contributed by atoms with Gasteiger partial charge in [-0.15, -0.1) is 0 Å². The van der Waals surface area contributed by atoms with Gasteiger partial charge in [0.15, 0.2) is 11.5 Å². The summed E-state index contributed by atoms with van der Waals surface area (Å²) in [4.78, 5) is 36.8. The molecule has 9 nitrogen and oxygen atoms in total. The van der Waals surface area contributed by atoms with E-state index in [1.54, 1.807) is 18.2 Å². The van der Waals surface area contributed by atoms with Crippen molar-refractivity contribution in [2.75, 3.05) is 0 Å². The zero-order valence-electron chi connectivity index (χ0n) is 16.7. The molecule has 0 aliphatic carbocycles. The minimum atomic E-state index is -3.87. The molecule has 31 heavy (non-hydrogen) atoms. The van der Waals surface area contributed by atoms with Gasteiger partial charge in [0.2, 0.25) is 9.84 Å². The number of sulfone groups is 1. The molecular formula is C21H20N2O7S. The summed E-state index contributed by atoms with van der Waals surface area (Å²) in [5.74, 6) is -2.73. The number of fused-ring (bicyclic) bond motifs is 1. The van der Waals surface area contributed by atoms with E-state index in [1.807, 2.05) is 0 Å². The van der Waals surface area contributed by atoms with Gasteiger partial charge in [0.1, 0.15) is 0 Å². The van der Waals surface area contributed by atoms with Crippen LogP contribution in [-0.4, -0.2) is 36.4 Å². The number of nitrogens with two attached hydrogens (primary N) is 1. The van der Waals surface area contributed by atoms with E-state index in [1.165, 1.54) is 44.2 Å². The molecule has 0 saturated heterocycles. The van der Waals surface area contributed by atoms with Gasteiger partial charge in [-0.25, -0.2) is 18.0 Å². The lowest BCUT2D eigenvalue weighted by Gasteiger charge is -2.34. The first-order valence-electron chi connectivity index (χ1n) is 9.31. The first-order valence-corrected chi connectivity index (χ1v) is 10.8. The van der Waals surface area contributed by atoms with E-state index in [0.717, 1.165) is 4.90 Å². The lowest BCUT2D eigenvalue weighted by molar-refractivity contribution is -0.157. The number of amides is 2. The molecule has 3 rings (SSSR count). The van der Waals surface area contributed by atoms with Crippen LogP contribution in [0.25, 0.3) is 5.76 Å². The average Bonchev–Trinajstić information content (AvgIpc) is 2.75. The number of urea groups is 1. The van der Waals surface area contributed by atoms with Crippen LogP contribution in [0.2, 0.25) is 0 Å². The van der Waals surface area contributed by atoms with Gasteiger partial charge in [0.05, 0.1) is 15.8 Å². The summed E-state index contributed by atoms with van der Waals surface area (Å²) in [7, 11) is -3.87. The number of nitrogens with zero attached hydrogens (tertiary/aromatic N) is 1. The first kappa shape index (κ1) is 22.0. The Morgan fingerprint density at radius 2 is 1.74 bits per heavy atom. The van der Waals surface area contributed by atoms with Crippen molar-refractivity contribution >= 4 is 33.6 Å². The summed E-state index contributed by atoms with van der Waals surface area (Å²) in [5, 5.41) is 10.7. The number of ether oxygens (including phenoxy) is 1. The smallest absolute Gasteiger partial charge is 0.366 e. The van der Waals surface area contributed by atoms with Crippen molar-refractivity contribution in [3.63, 3.8) is 0 Å². The van der Waals surface area contributed by atoms with Gasteiger partial charge in [-0.1, -0.05) is 25.1 Å². The Hall–Kier alpha value is -3.66. The van der Waals surface area contributed by atoms with Crippen molar-refractivity contribution in [3.8, 4) is 0 Å².